The number of nitrogens with one attached hydrogen (secondary N) is 1. The van der Waals surface area contributed by atoms with Crippen LogP contribution in [-0.4, -0.2) is 31.3 Å². The number of aryl methyl sites for hydroxylation is 2. The van der Waals surface area contributed by atoms with Crippen molar-refractivity contribution in [2.24, 2.45) is 13.0 Å². The first-order valence-electron chi connectivity index (χ1n) is 11.4. The largest absolute Gasteiger partial charge is 0.481 e. The number of pyridine rings is 1. The van der Waals surface area contributed by atoms with E-state index in [1.165, 1.54) is 10.6 Å². The van der Waals surface area contributed by atoms with Gasteiger partial charge in [0, 0.05) is 30.6 Å². The Hall–Kier alpha value is -3.68. The molecule has 180 valence electrons. The van der Waals surface area contributed by atoms with Crippen LogP contribution in [0.4, 0.5) is 0 Å². The molecule has 2 heterocycles. The van der Waals surface area contributed by atoms with Gasteiger partial charge in [-0.1, -0.05) is 38.1 Å². The molecule has 8 heteroatoms. The summed E-state index contributed by atoms with van der Waals surface area (Å²) in [6.45, 7) is 7.86. The minimum Gasteiger partial charge on any atom is -0.481 e. The number of hydrogen-bond acceptors (Lipinski definition) is 4. The fraction of sp³-hybridized carbons (Fsp3) is 0.385. The summed E-state index contributed by atoms with van der Waals surface area (Å²) in [6.07, 6.45) is 1.76. The fourth-order valence-electron chi connectivity index (χ4n) is 4.29. The number of aromatic nitrogens is 3. The number of benzene rings is 1. The van der Waals surface area contributed by atoms with Gasteiger partial charge >= 0.3 is 5.97 Å². The van der Waals surface area contributed by atoms with Gasteiger partial charge in [0.2, 0.25) is 5.91 Å². The molecule has 1 aromatic carbocycles. The first-order valence-corrected chi connectivity index (χ1v) is 11.4. The average Bonchev–Trinajstić information content (AvgIpc) is 3.03. The summed E-state index contributed by atoms with van der Waals surface area (Å²) in [5.41, 5.74) is 4.16. The van der Waals surface area contributed by atoms with Crippen molar-refractivity contribution in [1.29, 1.82) is 0 Å². The first-order chi connectivity index (χ1) is 16.1. The van der Waals surface area contributed by atoms with E-state index < -0.39 is 18.1 Å². The Bertz CT molecular complexity index is 1240. The number of rotatable bonds is 9. The van der Waals surface area contributed by atoms with Gasteiger partial charge in [-0.2, -0.15) is 5.10 Å². The molecule has 0 fully saturated rings. The Morgan fingerprint density at radius 2 is 1.85 bits per heavy atom. The van der Waals surface area contributed by atoms with Gasteiger partial charge in [0.05, 0.1) is 18.2 Å². The van der Waals surface area contributed by atoms with Crippen molar-refractivity contribution in [2.45, 2.75) is 52.6 Å². The molecule has 0 saturated carbocycles. The Balaban J connectivity index is 1.97. The molecule has 0 spiro atoms. The summed E-state index contributed by atoms with van der Waals surface area (Å²) in [4.78, 5) is 37.5. The third kappa shape index (κ3) is 5.62. The maximum absolute atomic E-state index is 13.4. The van der Waals surface area contributed by atoms with Crippen molar-refractivity contribution in [1.82, 2.24) is 19.7 Å². The van der Waals surface area contributed by atoms with E-state index in [1.54, 1.807) is 18.3 Å². The molecule has 2 N–H and O–H groups in total. The lowest BCUT2D eigenvalue weighted by molar-refractivity contribution is -0.138. The second-order valence-corrected chi connectivity index (χ2v) is 9.05. The van der Waals surface area contributed by atoms with E-state index >= 15 is 0 Å². The minimum absolute atomic E-state index is 0.153. The van der Waals surface area contributed by atoms with Crippen LogP contribution in [0.15, 0.2) is 53.5 Å². The zero-order valence-corrected chi connectivity index (χ0v) is 20.3. The van der Waals surface area contributed by atoms with E-state index in [2.05, 4.69) is 10.4 Å². The number of nitrogens with zero attached hydrogens (tertiary/aromatic N) is 3. The number of hydrogen-bond donors (Lipinski definition) is 2. The highest BCUT2D eigenvalue weighted by molar-refractivity contribution is 5.82. The van der Waals surface area contributed by atoms with Crippen LogP contribution in [0, 0.1) is 19.8 Å². The molecule has 0 saturated heterocycles. The van der Waals surface area contributed by atoms with E-state index in [-0.39, 0.29) is 23.8 Å². The summed E-state index contributed by atoms with van der Waals surface area (Å²) in [5.74, 6) is -1.25. The molecule has 0 unspecified atom stereocenters. The molecule has 0 radical (unpaired) electrons. The summed E-state index contributed by atoms with van der Waals surface area (Å²) in [5, 5.41) is 16.9. The molecule has 0 aliphatic rings. The van der Waals surface area contributed by atoms with Crippen LogP contribution in [0.2, 0.25) is 0 Å². The Morgan fingerprint density at radius 3 is 2.44 bits per heavy atom. The van der Waals surface area contributed by atoms with Crippen molar-refractivity contribution in [3.63, 3.8) is 0 Å². The van der Waals surface area contributed by atoms with Crippen LogP contribution >= 0.6 is 0 Å². The zero-order chi connectivity index (χ0) is 25.0. The minimum atomic E-state index is -1.03. The van der Waals surface area contributed by atoms with E-state index in [9.17, 15) is 19.5 Å². The monoisotopic (exact) mass is 464 g/mol. The van der Waals surface area contributed by atoms with Crippen molar-refractivity contribution in [3.05, 3.63) is 76.0 Å². The molecule has 8 nitrogen and oxygen atoms in total. The van der Waals surface area contributed by atoms with E-state index in [4.69, 9.17) is 0 Å². The van der Waals surface area contributed by atoms with Gasteiger partial charge in [0.1, 0.15) is 6.04 Å². The molecule has 0 bridgehead atoms. The number of carboxylic acid groups (broad SMARTS) is 1. The molecule has 0 aliphatic heterocycles. The van der Waals surface area contributed by atoms with Crippen LogP contribution in [0.25, 0.3) is 11.1 Å². The Morgan fingerprint density at radius 1 is 1.12 bits per heavy atom. The number of aliphatic carboxylic acids is 1. The van der Waals surface area contributed by atoms with Gasteiger partial charge in [-0.15, -0.1) is 0 Å². The average molecular weight is 465 g/mol. The number of carbonyl (C=O) groups excluding carboxylic acids is 1. The van der Waals surface area contributed by atoms with Gasteiger partial charge in [0.25, 0.3) is 5.56 Å². The quantitative estimate of drug-likeness (QED) is 0.501. The van der Waals surface area contributed by atoms with Crippen molar-refractivity contribution in [3.8, 4) is 11.1 Å². The highest BCUT2D eigenvalue weighted by atomic mass is 16.4. The first kappa shape index (κ1) is 25.0. The van der Waals surface area contributed by atoms with Crippen LogP contribution < -0.4 is 10.9 Å². The van der Waals surface area contributed by atoms with Crippen LogP contribution in [0.5, 0.6) is 0 Å². The zero-order valence-electron chi connectivity index (χ0n) is 20.3. The molecular weight excluding hydrogens is 432 g/mol. The lowest BCUT2D eigenvalue weighted by Gasteiger charge is -2.25. The molecule has 2 atom stereocenters. The normalized spacial score (nSPS) is 13.0. The lowest BCUT2D eigenvalue weighted by Crippen LogP contribution is -2.39. The molecule has 0 aliphatic carbocycles. The standard InChI is InChI=1S/C26H32N4O4/c1-16(2)13-22(30-12-7-6-11-23(30)31)26(34)27-21(15-24(32)33)19-9-8-10-20(14-19)25-17(3)28-29(5)18(25)4/h6-12,14,16,21-22H,13,15H2,1-5H3,(H,27,34)(H,32,33)/t21-,22-/m0/s1. The third-order valence-corrected chi connectivity index (χ3v) is 5.97. The van der Waals surface area contributed by atoms with Crippen LogP contribution in [0.3, 0.4) is 0 Å². The molecule has 3 rings (SSSR count). The second kappa shape index (κ2) is 10.5. The van der Waals surface area contributed by atoms with Crippen LogP contribution in [-0.2, 0) is 16.6 Å². The predicted molar refractivity (Wildman–Crippen MR) is 130 cm³/mol. The van der Waals surface area contributed by atoms with E-state index in [1.807, 2.05) is 63.7 Å². The van der Waals surface area contributed by atoms with Gasteiger partial charge in [-0.05, 0) is 49.4 Å². The maximum Gasteiger partial charge on any atom is 0.305 e. The predicted octanol–water partition coefficient (Wildman–Crippen LogP) is 3.79. The smallest absolute Gasteiger partial charge is 0.305 e. The van der Waals surface area contributed by atoms with Gasteiger partial charge in [-0.3, -0.25) is 19.1 Å². The van der Waals surface area contributed by atoms with Gasteiger partial charge in [0.15, 0.2) is 0 Å². The number of amides is 1. The summed E-state index contributed by atoms with van der Waals surface area (Å²) in [6, 6.07) is 10.8. The molecule has 1 amide bonds. The lowest BCUT2D eigenvalue weighted by atomic mass is 9.96. The number of carbonyl (C=O) groups is 2. The second-order valence-electron chi connectivity index (χ2n) is 9.05. The van der Waals surface area contributed by atoms with Gasteiger partial charge < -0.3 is 15.0 Å². The Kier molecular flexibility index (Phi) is 7.71. The van der Waals surface area contributed by atoms with E-state index in [0.29, 0.717) is 12.0 Å². The molecule has 2 aromatic heterocycles. The highest BCUT2D eigenvalue weighted by Gasteiger charge is 2.27. The van der Waals surface area contributed by atoms with Gasteiger partial charge in [-0.25, -0.2) is 0 Å². The SMILES string of the molecule is Cc1nn(C)c(C)c1-c1cccc([C@H](CC(=O)O)NC(=O)[C@H](CC(C)C)n2ccccc2=O)c1. The van der Waals surface area contributed by atoms with Crippen molar-refractivity contribution < 1.29 is 14.7 Å². The van der Waals surface area contributed by atoms with E-state index in [0.717, 1.165) is 22.5 Å². The molecule has 34 heavy (non-hydrogen) atoms. The third-order valence-electron chi connectivity index (χ3n) is 5.97. The topological polar surface area (TPSA) is 106 Å². The van der Waals surface area contributed by atoms with Crippen LogP contribution in [0.1, 0.15) is 55.7 Å². The summed E-state index contributed by atoms with van der Waals surface area (Å²) < 4.78 is 3.22. The van der Waals surface area contributed by atoms with Crippen molar-refractivity contribution >= 4 is 11.9 Å². The molecule has 3 aromatic rings. The maximum atomic E-state index is 13.4. The number of carboxylic acids is 1. The van der Waals surface area contributed by atoms with Crippen molar-refractivity contribution in [2.75, 3.05) is 0 Å². The fourth-order valence-corrected chi connectivity index (χ4v) is 4.29. The summed E-state index contributed by atoms with van der Waals surface area (Å²) in [7, 11) is 1.88. The summed E-state index contributed by atoms with van der Waals surface area (Å²) >= 11 is 0. The molecular formula is C26H32N4O4. The highest BCUT2D eigenvalue weighted by Crippen LogP contribution is 2.30. The Labute approximate surface area is 199 Å².